The highest BCUT2D eigenvalue weighted by Gasteiger charge is 2.28. The zero-order valence-electron chi connectivity index (χ0n) is 19.7. The van der Waals surface area contributed by atoms with Gasteiger partial charge in [-0.25, -0.2) is 0 Å². The van der Waals surface area contributed by atoms with Gasteiger partial charge in [0.05, 0.1) is 6.54 Å². The molecule has 1 amide bonds. The molecule has 1 aliphatic heterocycles. The number of carbonyl (C=O) groups is 1. The number of benzene rings is 2. The highest BCUT2D eigenvalue weighted by atomic mass is 35.5. The number of nitrogens with two attached hydrogens (primary N) is 1. The van der Waals surface area contributed by atoms with E-state index in [0.29, 0.717) is 12.2 Å². The summed E-state index contributed by atoms with van der Waals surface area (Å²) in [5.41, 5.74) is 9.05. The zero-order chi connectivity index (χ0) is 24.3. The van der Waals surface area contributed by atoms with Crippen LogP contribution in [0.3, 0.4) is 0 Å². The second-order valence-electron chi connectivity index (χ2n) is 9.49. The van der Waals surface area contributed by atoms with Crippen LogP contribution < -0.4 is 10.6 Å². The number of piperazine rings is 1. The van der Waals surface area contributed by atoms with E-state index >= 15 is 0 Å². The fraction of sp³-hybridized carbons (Fsp3) is 0.385. The molecule has 0 unspecified atom stereocenters. The summed E-state index contributed by atoms with van der Waals surface area (Å²) in [6, 6.07) is 17.8. The maximum Gasteiger partial charge on any atom is 0.269 e. The second-order valence-corrected chi connectivity index (χ2v) is 10.4. The SMILES string of the molecule is CC(C)(Cc1ccc(Cl)cc1)c1cc(C(N)=O)nn1CCN1CCN(c2ccc(Cl)cc2)CC1. The van der Waals surface area contributed by atoms with Crippen molar-refractivity contribution in [2.24, 2.45) is 5.73 Å². The molecule has 0 spiro atoms. The van der Waals surface area contributed by atoms with Gasteiger partial charge in [0.15, 0.2) is 0 Å². The number of hydrogen-bond donors (Lipinski definition) is 1. The van der Waals surface area contributed by atoms with Gasteiger partial charge in [-0.2, -0.15) is 5.10 Å². The monoisotopic (exact) mass is 499 g/mol. The van der Waals surface area contributed by atoms with E-state index in [2.05, 4.69) is 40.9 Å². The molecular weight excluding hydrogens is 469 g/mol. The van der Waals surface area contributed by atoms with E-state index in [9.17, 15) is 4.79 Å². The van der Waals surface area contributed by atoms with Crippen LogP contribution in [0.15, 0.2) is 54.6 Å². The van der Waals surface area contributed by atoms with Crippen LogP contribution in [0, 0.1) is 0 Å². The molecule has 0 saturated carbocycles. The number of aromatic nitrogens is 2. The first kappa shape index (κ1) is 24.6. The Morgan fingerprint density at radius 1 is 0.941 bits per heavy atom. The lowest BCUT2D eigenvalue weighted by atomic mass is 9.82. The highest BCUT2D eigenvalue weighted by molar-refractivity contribution is 6.30. The number of nitrogens with zero attached hydrogens (tertiary/aromatic N) is 4. The van der Waals surface area contributed by atoms with Crippen molar-refractivity contribution in [3.63, 3.8) is 0 Å². The number of halogens is 2. The van der Waals surface area contributed by atoms with E-state index in [0.717, 1.165) is 54.9 Å². The molecular formula is C26H31Cl2N5O. The van der Waals surface area contributed by atoms with E-state index < -0.39 is 5.91 Å². The average Bonchev–Trinajstić information content (AvgIpc) is 3.26. The third kappa shape index (κ3) is 5.93. The van der Waals surface area contributed by atoms with Crippen molar-refractivity contribution >= 4 is 34.8 Å². The standard InChI is InChI=1S/C26H31Cl2N5O/c1-26(2,18-19-3-5-20(27)6-4-19)24-17-23(25(29)34)30-33(24)16-13-31-11-14-32(15-12-31)22-9-7-21(28)8-10-22/h3-10,17H,11-16,18H2,1-2H3,(H2,29,34). The summed E-state index contributed by atoms with van der Waals surface area (Å²) in [7, 11) is 0. The van der Waals surface area contributed by atoms with Crippen molar-refractivity contribution in [1.29, 1.82) is 0 Å². The first-order valence-electron chi connectivity index (χ1n) is 11.6. The van der Waals surface area contributed by atoms with Gasteiger partial charge in [0.1, 0.15) is 5.69 Å². The van der Waals surface area contributed by atoms with E-state index in [-0.39, 0.29) is 5.41 Å². The molecule has 1 saturated heterocycles. The largest absolute Gasteiger partial charge is 0.369 e. The van der Waals surface area contributed by atoms with E-state index in [1.165, 1.54) is 11.3 Å². The lowest BCUT2D eigenvalue weighted by molar-refractivity contribution is 0.0994. The van der Waals surface area contributed by atoms with Crippen LogP contribution in [0.5, 0.6) is 0 Å². The van der Waals surface area contributed by atoms with Gasteiger partial charge < -0.3 is 10.6 Å². The van der Waals surface area contributed by atoms with Gasteiger partial charge in [0, 0.05) is 59.6 Å². The molecule has 2 N–H and O–H groups in total. The molecule has 34 heavy (non-hydrogen) atoms. The van der Waals surface area contributed by atoms with Crippen molar-refractivity contribution in [2.45, 2.75) is 32.2 Å². The smallest absolute Gasteiger partial charge is 0.269 e. The predicted molar refractivity (Wildman–Crippen MR) is 139 cm³/mol. The van der Waals surface area contributed by atoms with Gasteiger partial charge >= 0.3 is 0 Å². The number of hydrogen-bond acceptors (Lipinski definition) is 4. The quantitative estimate of drug-likeness (QED) is 0.490. The van der Waals surface area contributed by atoms with Crippen LogP contribution in [0.4, 0.5) is 5.69 Å². The Morgan fingerprint density at radius 3 is 2.12 bits per heavy atom. The molecule has 1 aromatic heterocycles. The molecule has 0 radical (unpaired) electrons. The number of rotatable bonds is 8. The molecule has 3 aromatic rings. The Balaban J connectivity index is 1.42. The Bertz CT molecular complexity index is 1120. The number of amides is 1. The van der Waals surface area contributed by atoms with Crippen LogP contribution in [-0.4, -0.2) is 53.3 Å². The second kappa shape index (κ2) is 10.4. The minimum absolute atomic E-state index is 0.234. The van der Waals surface area contributed by atoms with Crippen LogP contribution in [0.25, 0.3) is 0 Å². The van der Waals surface area contributed by atoms with E-state index in [1.54, 1.807) is 0 Å². The van der Waals surface area contributed by atoms with Crippen molar-refractivity contribution in [2.75, 3.05) is 37.6 Å². The van der Waals surface area contributed by atoms with Gasteiger partial charge in [-0.1, -0.05) is 49.2 Å². The molecule has 0 aliphatic carbocycles. The zero-order valence-corrected chi connectivity index (χ0v) is 21.2. The van der Waals surface area contributed by atoms with Crippen molar-refractivity contribution in [3.8, 4) is 0 Å². The van der Waals surface area contributed by atoms with Crippen LogP contribution >= 0.6 is 23.2 Å². The molecule has 1 aliphatic rings. The summed E-state index contributed by atoms with van der Waals surface area (Å²) in [6.45, 7) is 9.76. The Morgan fingerprint density at radius 2 is 1.53 bits per heavy atom. The molecule has 0 atom stereocenters. The summed E-state index contributed by atoms with van der Waals surface area (Å²) in [4.78, 5) is 16.7. The fourth-order valence-corrected chi connectivity index (χ4v) is 4.83. The molecule has 2 aromatic carbocycles. The number of carbonyl (C=O) groups excluding carboxylic acids is 1. The predicted octanol–water partition coefficient (Wildman–Crippen LogP) is 4.63. The molecule has 6 nitrogen and oxygen atoms in total. The fourth-order valence-electron chi connectivity index (χ4n) is 4.57. The van der Waals surface area contributed by atoms with E-state index in [1.807, 2.05) is 47.1 Å². The van der Waals surface area contributed by atoms with Crippen LogP contribution in [0.1, 0.15) is 35.6 Å². The Hall–Kier alpha value is -2.54. The maximum atomic E-state index is 11.9. The van der Waals surface area contributed by atoms with Crippen molar-refractivity contribution < 1.29 is 4.79 Å². The maximum absolute atomic E-state index is 11.9. The summed E-state index contributed by atoms with van der Waals surface area (Å²) < 4.78 is 1.96. The highest BCUT2D eigenvalue weighted by Crippen LogP contribution is 2.29. The van der Waals surface area contributed by atoms with Gasteiger partial charge in [0.25, 0.3) is 5.91 Å². The number of anilines is 1. The lowest BCUT2D eigenvalue weighted by Crippen LogP contribution is -2.47. The molecule has 1 fully saturated rings. The summed E-state index contributed by atoms with van der Waals surface area (Å²) >= 11 is 12.1. The number of primary amides is 1. The van der Waals surface area contributed by atoms with Gasteiger partial charge in [-0.05, 0) is 54.4 Å². The van der Waals surface area contributed by atoms with Crippen molar-refractivity contribution in [3.05, 3.63) is 81.6 Å². The Labute approximate surface area is 211 Å². The van der Waals surface area contributed by atoms with Gasteiger partial charge in [0.2, 0.25) is 0 Å². The first-order valence-corrected chi connectivity index (χ1v) is 12.3. The van der Waals surface area contributed by atoms with E-state index in [4.69, 9.17) is 28.9 Å². The molecule has 8 heteroatoms. The molecule has 2 heterocycles. The minimum Gasteiger partial charge on any atom is -0.369 e. The van der Waals surface area contributed by atoms with Crippen molar-refractivity contribution in [1.82, 2.24) is 14.7 Å². The van der Waals surface area contributed by atoms with Gasteiger partial charge in [-0.15, -0.1) is 0 Å². The summed E-state index contributed by atoms with van der Waals surface area (Å²) in [5.74, 6) is -0.501. The molecule has 0 bridgehead atoms. The topological polar surface area (TPSA) is 67.4 Å². The minimum atomic E-state index is -0.501. The third-order valence-corrected chi connectivity index (χ3v) is 6.98. The van der Waals surface area contributed by atoms with Crippen LogP contribution in [-0.2, 0) is 18.4 Å². The summed E-state index contributed by atoms with van der Waals surface area (Å²) in [5, 5.41) is 6.04. The average molecular weight is 500 g/mol. The molecule has 180 valence electrons. The molecule has 4 rings (SSSR count). The third-order valence-electron chi connectivity index (χ3n) is 6.48. The summed E-state index contributed by atoms with van der Waals surface area (Å²) in [6.07, 6.45) is 0.799. The normalized spacial score (nSPS) is 15.0. The van der Waals surface area contributed by atoms with Gasteiger partial charge in [-0.3, -0.25) is 14.4 Å². The Kier molecular flexibility index (Phi) is 7.51. The lowest BCUT2D eigenvalue weighted by Gasteiger charge is -2.36. The first-order chi connectivity index (χ1) is 16.2. The van der Waals surface area contributed by atoms with Crippen LogP contribution in [0.2, 0.25) is 10.0 Å².